The van der Waals surface area contributed by atoms with Crippen LogP contribution in [0.4, 0.5) is 0 Å². The number of unbranched alkanes of at least 4 members (excludes halogenated alkanes) is 7. The third-order valence-electron chi connectivity index (χ3n) is 11.2. The molecule has 0 aliphatic carbocycles. The van der Waals surface area contributed by atoms with Gasteiger partial charge >= 0.3 is 11.9 Å². The number of aromatic amines is 2. The molecule has 9 nitrogen and oxygen atoms in total. The summed E-state index contributed by atoms with van der Waals surface area (Å²) in [6, 6.07) is 6.22. The summed E-state index contributed by atoms with van der Waals surface area (Å²) in [5.41, 5.74) is 12.6. The van der Waals surface area contributed by atoms with E-state index < -0.39 is 11.9 Å². The maximum Gasteiger partial charge on any atom is 0.338 e. The van der Waals surface area contributed by atoms with Crippen molar-refractivity contribution in [3.63, 3.8) is 0 Å². The van der Waals surface area contributed by atoms with Gasteiger partial charge in [-0.3, -0.25) is 9.78 Å². The summed E-state index contributed by atoms with van der Waals surface area (Å²) >= 11 is 0. The molecule has 274 valence electrons. The molecule has 0 spiro atoms. The van der Waals surface area contributed by atoms with Crippen LogP contribution in [0.1, 0.15) is 159 Å². The average molecular weight is 696 g/mol. The van der Waals surface area contributed by atoms with E-state index in [4.69, 9.17) is 9.97 Å². The van der Waals surface area contributed by atoms with Crippen molar-refractivity contribution in [1.82, 2.24) is 25.3 Å². The smallest absolute Gasteiger partial charge is 0.338 e. The topological polar surface area (TPSA) is 144 Å². The van der Waals surface area contributed by atoms with Gasteiger partial charge in [0, 0.05) is 52.7 Å². The lowest BCUT2D eigenvalue weighted by Gasteiger charge is -2.16. The number of aliphatic carboxylic acids is 1. The largest absolute Gasteiger partial charge is 0.481 e. The molecule has 9 heteroatoms. The second-order valence-corrected chi connectivity index (χ2v) is 14.6. The fourth-order valence-corrected chi connectivity index (χ4v) is 7.92. The van der Waals surface area contributed by atoms with E-state index in [9.17, 15) is 19.8 Å². The highest BCUT2D eigenvalue weighted by atomic mass is 16.4. The summed E-state index contributed by atoms with van der Waals surface area (Å²) in [6.07, 6.45) is 11.5. The quantitative estimate of drug-likeness (QED) is 0.0938. The Morgan fingerprint density at radius 1 is 0.804 bits per heavy atom. The van der Waals surface area contributed by atoms with Crippen LogP contribution in [0.25, 0.3) is 33.2 Å². The lowest BCUT2D eigenvalue weighted by Crippen LogP contribution is -2.18. The predicted molar refractivity (Wildman–Crippen MR) is 208 cm³/mol. The van der Waals surface area contributed by atoms with E-state index in [1.165, 1.54) is 56.1 Å². The first-order valence-electron chi connectivity index (χ1n) is 19.1. The van der Waals surface area contributed by atoms with Crippen LogP contribution in [-0.4, -0.2) is 55.2 Å². The first-order chi connectivity index (χ1) is 24.5. The number of hydrogen-bond acceptors (Lipinski definition) is 5. The van der Waals surface area contributed by atoms with E-state index in [1.807, 2.05) is 19.9 Å². The van der Waals surface area contributed by atoms with Crippen molar-refractivity contribution in [1.29, 1.82) is 0 Å². The highest BCUT2D eigenvalue weighted by Gasteiger charge is 2.32. The average Bonchev–Trinajstić information content (AvgIpc) is 3.77. The third kappa shape index (κ3) is 8.30. The summed E-state index contributed by atoms with van der Waals surface area (Å²) in [4.78, 5) is 41.9. The monoisotopic (exact) mass is 695 g/mol. The zero-order valence-corrected chi connectivity index (χ0v) is 31.7. The maximum absolute atomic E-state index is 12.7. The Hall–Kier alpha value is -4.24. The molecule has 5 heterocycles. The van der Waals surface area contributed by atoms with Gasteiger partial charge in [0.2, 0.25) is 0 Å². The summed E-state index contributed by atoms with van der Waals surface area (Å²) < 4.78 is 0. The van der Waals surface area contributed by atoms with Crippen molar-refractivity contribution in [3.05, 3.63) is 68.8 Å². The molecule has 2 atom stereocenters. The number of rotatable bonds is 16. The normalized spacial score (nSPS) is 15.9. The Balaban J connectivity index is 1.65. The number of hydrogen-bond donors (Lipinski definition) is 5. The second kappa shape index (κ2) is 16.9. The van der Waals surface area contributed by atoms with E-state index in [2.05, 4.69) is 62.0 Å². The highest BCUT2D eigenvalue weighted by molar-refractivity contribution is 6.02. The van der Waals surface area contributed by atoms with Crippen molar-refractivity contribution in [2.45, 2.75) is 131 Å². The number of allylic oxidation sites excluding steroid dienone is 1. The number of carboxylic acid groups (broad SMARTS) is 2. The molecular formula is C42H57N5O4. The lowest BCUT2D eigenvalue weighted by molar-refractivity contribution is -0.137. The van der Waals surface area contributed by atoms with Crippen molar-refractivity contribution in [2.24, 2.45) is 0 Å². The van der Waals surface area contributed by atoms with E-state index in [0.29, 0.717) is 24.0 Å². The van der Waals surface area contributed by atoms with Gasteiger partial charge in [0.15, 0.2) is 0 Å². The van der Waals surface area contributed by atoms with Crippen molar-refractivity contribution >= 4 is 45.2 Å². The van der Waals surface area contributed by atoms with Gasteiger partial charge in [0.1, 0.15) is 0 Å². The predicted octanol–water partition coefficient (Wildman–Crippen LogP) is 9.91. The van der Waals surface area contributed by atoms with Crippen LogP contribution in [0.5, 0.6) is 0 Å². The Morgan fingerprint density at radius 3 is 2.16 bits per heavy atom. The fourth-order valence-electron chi connectivity index (χ4n) is 7.92. The standard InChI is InChI=1S/C42H57N5O4/c1-8-10-11-12-13-14-15-16-19-43-23-31-26(5)32-20-34-25(4)30(17-18-38(48)49)40(46-34)28(7)41-39(42(50)51)27(6)35(47-41)22-36-29(9-2)24(3)33(44-36)21-37(31)45-32/h20-22,25,30,43-44,47H,8-19,23H2,1-7H3,(H,48,49)(H,50,51)/t25-,30-/m0/s1. The molecule has 0 amide bonds. The van der Waals surface area contributed by atoms with Crippen molar-refractivity contribution < 1.29 is 19.8 Å². The number of carbonyl (C=O) groups is 2. The van der Waals surface area contributed by atoms with Crippen LogP contribution in [0.3, 0.4) is 0 Å². The molecule has 0 aromatic carbocycles. The van der Waals surface area contributed by atoms with Gasteiger partial charge < -0.3 is 25.5 Å². The SMILES string of the molecule is CCCCCCCCCCNCC1=C(C)c2cc3nc(c(C)c4[nH]c(cc5[nH]c(cc1n2)c(C)c5CC)c(C)c4C(=O)O)[C@@H](CCC(=O)O)[C@@H]3C. The number of aromatic carboxylic acids is 1. The van der Waals surface area contributed by atoms with E-state index in [0.717, 1.165) is 75.4 Å². The van der Waals surface area contributed by atoms with E-state index >= 15 is 0 Å². The van der Waals surface area contributed by atoms with Gasteiger partial charge in [0.05, 0.1) is 22.5 Å². The van der Waals surface area contributed by atoms with E-state index in [-0.39, 0.29) is 23.8 Å². The molecule has 2 aliphatic rings. The molecule has 0 radical (unpaired) electrons. The minimum Gasteiger partial charge on any atom is -0.481 e. The molecular weight excluding hydrogens is 638 g/mol. The van der Waals surface area contributed by atoms with Crippen LogP contribution >= 0.6 is 0 Å². The second-order valence-electron chi connectivity index (χ2n) is 14.6. The van der Waals surface area contributed by atoms with Gasteiger partial charge in [-0.15, -0.1) is 0 Å². The lowest BCUT2D eigenvalue weighted by atomic mass is 9.85. The number of fused-ring (bicyclic) bond motifs is 8. The number of H-pyrrole nitrogens is 2. The summed E-state index contributed by atoms with van der Waals surface area (Å²) in [7, 11) is 0. The van der Waals surface area contributed by atoms with Crippen LogP contribution in [0, 0.1) is 20.8 Å². The van der Waals surface area contributed by atoms with Crippen LogP contribution in [0.2, 0.25) is 0 Å². The number of nitrogens with one attached hydrogen (secondary N) is 3. The minimum absolute atomic E-state index is 0.00131. The number of aromatic nitrogens is 4. The Labute approximate surface area is 302 Å². The summed E-state index contributed by atoms with van der Waals surface area (Å²) in [5, 5.41) is 23.7. The molecule has 3 aromatic rings. The van der Waals surface area contributed by atoms with Gasteiger partial charge in [-0.05, 0) is 105 Å². The van der Waals surface area contributed by atoms with Gasteiger partial charge in [-0.2, -0.15) is 0 Å². The highest BCUT2D eigenvalue weighted by Crippen LogP contribution is 2.42. The summed E-state index contributed by atoms with van der Waals surface area (Å²) in [5.74, 6) is -2.14. The molecule has 0 fully saturated rings. The molecule has 3 aromatic heterocycles. The molecule has 51 heavy (non-hydrogen) atoms. The van der Waals surface area contributed by atoms with Crippen LogP contribution in [0.15, 0.2) is 18.2 Å². The zero-order chi connectivity index (χ0) is 36.8. The molecule has 2 aliphatic heterocycles. The first kappa shape index (κ1) is 38.0. The van der Waals surface area contributed by atoms with Crippen molar-refractivity contribution in [3.8, 4) is 0 Å². The van der Waals surface area contributed by atoms with E-state index in [1.54, 1.807) is 0 Å². The first-order valence-corrected chi connectivity index (χ1v) is 19.1. The number of carboxylic acids is 2. The van der Waals surface area contributed by atoms with Crippen LogP contribution in [-0.2, 0) is 11.2 Å². The summed E-state index contributed by atoms with van der Waals surface area (Å²) in [6.45, 7) is 16.1. The third-order valence-corrected chi connectivity index (χ3v) is 11.2. The number of nitrogens with zero attached hydrogens (tertiary/aromatic N) is 2. The molecule has 0 saturated carbocycles. The van der Waals surface area contributed by atoms with Crippen LogP contribution < -0.4 is 5.32 Å². The Bertz CT molecular complexity index is 1970. The minimum atomic E-state index is -1.01. The number of aryl methyl sites for hydroxylation is 4. The molecule has 5 N–H and O–H groups in total. The Kier molecular flexibility index (Phi) is 12.6. The molecule has 0 unspecified atom stereocenters. The maximum atomic E-state index is 12.7. The molecule has 0 saturated heterocycles. The van der Waals surface area contributed by atoms with Crippen molar-refractivity contribution in [2.75, 3.05) is 13.1 Å². The van der Waals surface area contributed by atoms with Gasteiger partial charge in [-0.25, -0.2) is 9.78 Å². The molecule has 8 bridgehead atoms. The fraction of sp³-hybridized carbons (Fsp3) is 0.524. The Morgan fingerprint density at radius 2 is 1.49 bits per heavy atom. The zero-order valence-electron chi connectivity index (χ0n) is 31.7. The molecule has 5 rings (SSSR count). The van der Waals surface area contributed by atoms with Gasteiger partial charge in [0.25, 0.3) is 0 Å². The van der Waals surface area contributed by atoms with Gasteiger partial charge in [-0.1, -0.05) is 65.7 Å².